The molecule has 0 saturated heterocycles. The van der Waals surface area contributed by atoms with Crippen molar-refractivity contribution in [2.45, 2.75) is 77.4 Å². The lowest BCUT2D eigenvalue weighted by atomic mass is 9.99. The lowest BCUT2D eigenvalue weighted by Gasteiger charge is -2.19. The van der Waals surface area contributed by atoms with E-state index in [-0.39, 0.29) is 11.9 Å². The number of fused-ring (bicyclic) bond motifs is 1. The number of hydrogen-bond donors (Lipinski definition) is 2. The Morgan fingerprint density at radius 1 is 1.28 bits per heavy atom. The van der Waals surface area contributed by atoms with Crippen LogP contribution in [0.5, 0.6) is 5.75 Å². The van der Waals surface area contributed by atoms with Crippen molar-refractivity contribution in [1.82, 2.24) is 5.32 Å². The first-order valence-corrected chi connectivity index (χ1v) is 10.9. The third kappa shape index (κ3) is 7.90. The number of furan rings is 1. The summed E-state index contributed by atoms with van der Waals surface area (Å²) in [4.78, 5) is 12.3. The zero-order chi connectivity index (χ0) is 21.4. The van der Waals surface area contributed by atoms with Gasteiger partial charge in [-0.05, 0) is 76.6 Å². The van der Waals surface area contributed by atoms with Crippen LogP contribution in [0.4, 0.5) is 0 Å². The lowest BCUT2D eigenvalue weighted by Crippen LogP contribution is -2.33. The molecule has 1 heterocycles. The number of nitrogens with one attached hydrogen (secondary N) is 1. The van der Waals surface area contributed by atoms with Crippen molar-refractivity contribution in [3.63, 3.8) is 0 Å². The van der Waals surface area contributed by atoms with Gasteiger partial charge in [-0.2, -0.15) is 0 Å². The molecule has 0 aliphatic heterocycles. The van der Waals surface area contributed by atoms with Gasteiger partial charge in [0, 0.05) is 30.1 Å². The molecule has 1 amide bonds. The molecule has 2 rings (SSSR count). The fourth-order valence-electron chi connectivity index (χ4n) is 3.41. The largest absolute Gasteiger partial charge is 0.493 e. The van der Waals surface area contributed by atoms with Gasteiger partial charge in [0.05, 0.1) is 12.7 Å². The van der Waals surface area contributed by atoms with E-state index in [1.807, 2.05) is 32.9 Å². The number of benzene rings is 1. The number of hydrogen-bond acceptors (Lipinski definition) is 4. The second-order valence-corrected chi connectivity index (χ2v) is 8.77. The van der Waals surface area contributed by atoms with Gasteiger partial charge >= 0.3 is 0 Å². The second-order valence-electron chi connectivity index (χ2n) is 8.39. The molecule has 1 unspecified atom stereocenters. The highest BCUT2D eigenvalue weighted by Gasteiger charge is 2.15. The molecule has 0 aliphatic carbocycles. The first kappa shape index (κ1) is 23.6. The van der Waals surface area contributed by atoms with Crippen molar-refractivity contribution < 1.29 is 19.1 Å². The number of halogens is 1. The molecule has 1 aromatic carbocycles. The first-order chi connectivity index (χ1) is 13.7. The maximum absolute atomic E-state index is 12.3. The minimum atomic E-state index is -0.654. The molecule has 1 atom stereocenters. The van der Waals surface area contributed by atoms with Crippen molar-refractivity contribution >= 4 is 28.5 Å². The minimum Gasteiger partial charge on any atom is -0.493 e. The number of carbonyl (C=O) groups excluding carboxylic acids is 1. The van der Waals surface area contributed by atoms with E-state index in [0.29, 0.717) is 24.5 Å². The van der Waals surface area contributed by atoms with Gasteiger partial charge < -0.3 is 19.6 Å². The number of aliphatic hydroxyl groups is 1. The van der Waals surface area contributed by atoms with E-state index in [0.717, 1.165) is 54.4 Å². The van der Waals surface area contributed by atoms with E-state index in [9.17, 15) is 9.90 Å². The molecule has 0 aliphatic rings. The molecule has 1 aromatic heterocycles. The zero-order valence-electron chi connectivity index (χ0n) is 18.0. The van der Waals surface area contributed by atoms with Crippen molar-refractivity contribution in [1.29, 1.82) is 0 Å². The van der Waals surface area contributed by atoms with Crippen LogP contribution in [0, 0.1) is 0 Å². The summed E-state index contributed by atoms with van der Waals surface area (Å²) in [7, 11) is 1.63. The normalized spacial score (nSPS) is 12.9. The Morgan fingerprint density at radius 3 is 2.69 bits per heavy atom. The summed E-state index contributed by atoms with van der Waals surface area (Å²) in [5, 5.41) is 13.8. The monoisotopic (exact) mass is 423 g/mol. The van der Waals surface area contributed by atoms with Crippen molar-refractivity contribution in [2.24, 2.45) is 0 Å². The van der Waals surface area contributed by atoms with Gasteiger partial charge in [0.2, 0.25) is 5.91 Å². The van der Waals surface area contributed by atoms with Gasteiger partial charge in [-0.3, -0.25) is 4.79 Å². The number of carbonyl (C=O) groups is 1. The van der Waals surface area contributed by atoms with Crippen LogP contribution in [0.3, 0.4) is 0 Å². The van der Waals surface area contributed by atoms with Crippen molar-refractivity contribution in [3.05, 3.63) is 29.5 Å². The molecular formula is C23H34ClNO4. The second kappa shape index (κ2) is 10.9. The van der Waals surface area contributed by atoms with Gasteiger partial charge in [-0.25, -0.2) is 0 Å². The summed E-state index contributed by atoms with van der Waals surface area (Å²) in [5.41, 5.74) is 1.13. The van der Waals surface area contributed by atoms with Gasteiger partial charge in [0.15, 0.2) is 11.3 Å². The molecule has 162 valence electrons. The fourth-order valence-corrected chi connectivity index (χ4v) is 3.55. The summed E-state index contributed by atoms with van der Waals surface area (Å²) < 4.78 is 11.4. The quantitative estimate of drug-likeness (QED) is 0.471. The van der Waals surface area contributed by atoms with Crippen molar-refractivity contribution in [2.75, 3.05) is 13.0 Å². The molecule has 6 heteroatoms. The molecule has 0 saturated carbocycles. The standard InChI is InChI=1S/C23H34ClNO4/c1-16(7-5-11-23(2,3)27)25-21(26)10-9-17-13-18-15-19(8-6-12-24)29-22(18)20(14-17)28-4/h13-16,27H,5-12H2,1-4H3,(H,25,26). The van der Waals surface area contributed by atoms with Gasteiger partial charge in [-0.15, -0.1) is 11.6 Å². The topological polar surface area (TPSA) is 71.7 Å². The molecule has 0 radical (unpaired) electrons. The zero-order valence-corrected chi connectivity index (χ0v) is 18.8. The highest BCUT2D eigenvalue weighted by atomic mass is 35.5. The van der Waals surface area contributed by atoms with E-state index in [1.54, 1.807) is 7.11 Å². The Labute approximate surface area is 178 Å². The van der Waals surface area contributed by atoms with Crippen LogP contribution >= 0.6 is 11.6 Å². The van der Waals surface area contributed by atoms with Crippen LogP contribution in [0.1, 0.15) is 64.2 Å². The maximum atomic E-state index is 12.3. The smallest absolute Gasteiger partial charge is 0.220 e. The average Bonchev–Trinajstić information content (AvgIpc) is 3.05. The van der Waals surface area contributed by atoms with Crippen LogP contribution in [-0.4, -0.2) is 35.6 Å². The Balaban J connectivity index is 1.91. The summed E-state index contributed by atoms with van der Waals surface area (Å²) in [5.74, 6) is 2.23. The average molecular weight is 424 g/mol. The summed E-state index contributed by atoms with van der Waals surface area (Å²) in [6, 6.07) is 6.13. The fraction of sp³-hybridized carbons (Fsp3) is 0.609. The molecule has 2 aromatic rings. The third-order valence-electron chi connectivity index (χ3n) is 4.94. The molecule has 5 nitrogen and oxygen atoms in total. The summed E-state index contributed by atoms with van der Waals surface area (Å²) >= 11 is 5.77. The van der Waals surface area contributed by atoms with E-state index in [1.165, 1.54) is 0 Å². The molecule has 0 spiro atoms. The van der Waals surface area contributed by atoms with Gasteiger partial charge in [0.1, 0.15) is 5.76 Å². The molecular weight excluding hydrogens is 390 g/mol. The van der Waals surface area contributed by atoms with Crippen LogP contribution < -0.4 is 10.1 Å². The number of aryl methyl sites for hydroxylation is 2. The van der Waals surface area contributed by atoms with Gasteiger partial charge in [0.25, 0.3) is 0 Å². The molecule has 2 N–H and O–H groups in total. The van der Waals surface area contributed by atoms with Crippen LogP contribution in [-0.2, 0) is 17.6 Å². The molecule has 0 fully saturated rings. The summed E-state index contributed by atoms with van der Waals surface area (Å²) in [6.07, 6.45) is 5.18. The van der Waals surface area contributed by atoms with Gasteiger partial charge in [-0.1, -0.05) is 0 Å². The van der Waals surface area contributed by atoms with E-state index < -0.39 is 5.60 Å². The van der Waals surface area contributed by atoms with Crippen molar-refractivity contribution in [3.8, 4) is 5.75 Å². The molecule has 0 bridgehead atoms. The SMILES string of the molecule is COc1cc(CCC(=O)NC(C)CCCC(C)(C)O)cc2cc(CCCCl)oc12. The van der Waals surface area contributed by atoms with E-state index in [4.69, 9.17) is 20.8 Å². The third-order valence-corrected chi connectivity index (χ3v) is 5.21. The van der Waals surface area contributed by atoms with Crippen LogP contribution in [0.2, 0.25) is 0 Å². The Morgan fingerprint density at radius 2 is 2.03 bits per heavy atom. The number of methoxy groups -OCH3 is 1. The predicted molar refractivity (Wildman–Crippen MR) is 118 cm³/mol. The summed E-state index contributed by atoms with van der Waals surface area (Å²) in [6.45, 7) is 5.62. The Bertz CT molecular complexity index is 794. The first-order valence-electron chi connectivity index (χ1n) is 10.4. The predicted octanol–water partition coefficient (Wildman–Crippen LogP) is 4.99. The number of alkyl halides is 1. The van der Waals surface area contributed by atoms with Crippen LogP contribution in [0.15, 0.2) is 22.6 Å². The number of amides is 1. The number of rotatable bonds is 12. The number of ether oxygens (including phenoxy) is 1. The maximum Gasteiger partial charge on any atom is 0.220 e. The minimum absolute atomic E-state index is 0.0369. The highest BCUT2D eigenvalue weighted by Crippen LogP contribution is 2.31. The van der Waals surface area contributed by atoms with Crippen LogP contribution in [0.25, 0.3) is 11.0 Å². The Kier molecular flexibility index (Phi) is 8.84. The van der Waals surface area contributed by atoms with E-state index in [2.05, 4.69) is 11.4 Å². The van der Waals surface area contributed by atoms with E-state index >= 15 is 0 Å². The molecule has 29 heavy (non-hydrogen) atoms. The lowest BCUT2D eigenvalue weighted by molar-refractivity contribution is -0.121. The Hall–Kier alpha value is -1.72. The highest BCUT2D eigenvalue weighted by molar-refractivity contribution is 6.17.